The molecule has 0 bridgehead atoms. The van der Waals surface area contributed by atoms with E-state index in [4.69, 9.17) is 9.73 Å². The molecule has 1 spiro atoms. The summed E-state index contributed by atoms with van der Waals surface area (Å²) in [5, 5.41) is 0. The maximum Gasteiger partial charge on any atom is 0.218 e. The molecule has 1 saturated carbocycles. The minimum atomic E-state index is 0.0867. The van der Waals surface area contributed by atoms with E-state index in [2.05, 4.69) is 4.98 Å². The van der Waals surface area contributed by atoms with Crippen molar-refractivity contribution < 1.29 is 4.74 Å². The smallest absolute Gasteiger partial charge is 0.218 e. The molecule has 2 heterocycles. The lowest BCUT2D eigenvalue weighted by Gasteiger charge is -2.27. The van der Waals surface area contributed by atoms with Crippen LogP contribution in [-0.2, 0) is 4.74 Å². The van der Waals surface area contributed by atoms with Crippen LogP contribution in [0.3, 0.4) is 0 Å². The van der Waals surface area contributed by atoms with Crippen molar-refractivity contribution in [3.63, 3.8) is 0 Å². The van der Waals surface area contributed by atoms with Crippen molar-refractivity contribution in [3.05, 3.63) is 30.1 Å². The molecule has 1 aromatic heterocycles. The van der Waals surface area contributed by atoms with E-state index in [9.17, 15) is 0 Å². The molecule has 84 valence electrons. The molecule has 1 aromatic rings. The van der Waals surface area contributed by atoms with E-state index in [1.807, 2.05) is 18.3 Å². The highest BCUT2D eigenvalue weighted by molar-refractivity contribution is 5.95. The van der Waals surface area contributed by atoms with E-state index in [-0.39, 0.29) is 5.54 Å². The average Bonchev–Trinajstić information content (AvgIpc) is 2.75. The Bertz CT molecular complexity index is 394. The Morgan fingerprint density at radius 1 is 1.19 bits per heavy atom. The van der Waals surface area contributed by atoms with E-state index < -0.39 is 0 Å². The topological polar surface area (TPSA) is 34.5 Å². The van der Waals surface area contributed by atoms with E-state index in [0.29, 0.717) is 0 Å². The van der Waals surface area contributed by atoms with Gasteiger partial charge in [-0.05, 0) is 25.0 Å². The number of ether oxygens (including phenoxy) is 1. The first-order valence-electron chi connectivity index (χ1n) is 6.01. The Labute approximate surface area is 95.6 Å². The Hall–Kier alpha value is -1.38. The van der Waals surface area contributed by atoms with Crippen LogP contribution in [0, 0.1) is 0 Å². The lowest BCUT2D eigenvalue weighted by molar-refractivity contribution is 0.207. The predicted octanol–water partition coefficient (Wildman–Crippen LogP) is 2.56. The van der Waals surface area contributed by atoms with Crippen LogP contribution in [0.15, 0.2) is 29.5 Å². The minimum absolute atomic E-state index is 0.0867. The average molecular weight is 216 g/mol. The fourth-order valence-corrected chi connectivity index (χ4v) is 2.59. The molecule has 0 saturated heterocycles. The summed E-state index contributed by atoms with van der Waals surface area (Å²) in [6.07, 6.45) is 9.86. The molecule has 1 aliphatic heterocycles. The maximum atomic E-state index is 5.74. The van der Waals surface area contributed by atoms with Gasteiger partial charge in [-0.2, -0.15) is 0 Å². The highest BCUT2D eigenvalue weighted by Crippen LogP contribution is 2.35. The summed E-state index contributed by atoms with van der Waals surface area (Å²) < 4.78 is 5.74. The van der Waals surface area contributed by atoms with Crippen molar-refractivity contribution in [2.45, 2.75) is 37.6 Å². The van der Waals surface area contributed by atoms with Gasteiger partial charge in [0.2, 0.25) is 5.90 Å². The van der Waals surface area contributed by atoms with Crippen LogP contribution in [-0.4, -0.2) is 23.0 Å². The molecule has 0 radical (unpaired) electrons. The second-order valence-corrected chi connectivity index (χ2v) is 4.73. The number of nitrogens with zero attached hydrogens (tertiary/aromatic N) is 2. The van der Waals surface area contributed by atoms with Crippen molar-refractivity contribution in [1.29, 1.82) is 0 Å². The highest BCUT2D eigenvalue weighted by Gasteiger charge is 2.37. The summed E-state index contributed by atoms with van der Waals surface area (Å²) in [6, 6.07) is 3.93. The first kappa shape index (κ1) is 9.82. The molecule has 0 aromatic carbocycles. The van der Waals surface area contributed by atoms with Crippen LogP contribution in [0.4, 0.5) is 0 Å². The van der Waals surface area contributed by atoms with Crippen molar-refractivity contribution >= 4 is 5.90 Å². The summed E-state index contributed by atoms with van der Waals surface area (Å²) in [5.41, 5.74) is 1.09. The molecule has 1 fully saturated rings. The number of hydrogen-bond acceptors (Lipinski definition) is 3. The molecule has 3 nitrogen and oxygen atoms in total. The number of pyridine rings is 1. The summed E-state index contributed by atoms with van der Waals surface area (Å²) >= 11 is 0. The maximum absolute atomic E-state index is 5.74. The third kappa shape index (κ3) is 1.70. The van der Waals surface area contributed by atoms with Crippen LogP contribution in [0.25, 0.3) is 0 Å². The fourth-order valence-electron chi connectivity index (χ4n) is 2.59. The number of rotatable bonds is 1. The fraction of sp³-hybridized carbons (Fsp3) is 0.538. The second-order valence-electron chi connectivity index (χ2n) is 4.73. The van der Waals surface area contributed by atoms with Crippen molar-refractivity contribution in [1.82, 2.24) is 4.98 Å². The van der Waals surface area contributed by atoms with Gasteiger partial charge in [-0.15, -0.1) is 0 Å². The normalized spacial score (nSPS) is 22.9. The van der Waals surface area contributed by atoms with Gasteiger partial charge in [0.1, 0.15) is 6.61 Å². The molecule has 0 atom stereocenters. The first-order chi connectivity index (χ1) is 7.88. The molecule has 1 aliphatic carbocycles. The molecular weight excluding hydrogens is 200 g/mol. The largest absolute Gasteiger partial charge is 0.475 e. The van der Waals surface area contributed by atoms with E-state index >= 15 is 0 Å². The quantitative estimate of drug-likeness (QED) is 0.723. The molecule has 16 heavy (non-hydrogen) atoms. The zero-order valence-electron chi connectivity index (χ0n) is 9.35. The monoisotopic (exact) mass is 216 g/mol. The van der Waals surface area contributed by atoms with Crippen LogP contribution in [0.1, 0.15) is 37.7 Å². The van der Waals surface area contributed by atoms with E-state index in [1.54, 1.807) is 6.20 Å². The van der Waals surface area contributed by atoms with Crippen LogP contribution >= 0.6 is 0 Å². The molecule has 0 unspecified atom stereocenters. The van der Waals surface area contributed by atoms with Crippen molar-refractivity contribution in [2.24, 2.45) is 4.99 Å². The minimum Gasteiger partial charge on any atom is -0.475 e. The van der Waals surface area contributed by atoms with Gasteiger partial charge in [-0.3, -0.25) is 4.98 Å². The SMILES string of the molecule is c1cncc(C2=NC3(CCCCC3)CO2)c1. The van der Waals surface area contributed by atoms with E-state index in [0.717, 1.165) is 18.1 Å². The van der Waals surface area contributed by atoms with E-state index in [1.165, 1.54) is 32.1 Å². The van der Waals surface area contributed by atoms with Gasteiger partial charge in [0.05, 0.1) is 11.1 Å². The number of aliphatic imine (C=N–C) groups is 1. The summed E-state index contributed by atoms with van der Waals surface area (Å²) in [6.45, 7) is 0.761. The zero-order valence-corrected chi connectivity index (χ0v) is 9.35. The van der Waals surface area contributed by atoms with Gasteiger partial charge >= 0.3 is 0 Å². The molecule has 2 aliphatic rings. The molecule has 3 heteroatoms. The van der Waals surface area contributed by atoms with Gasteiger partial charge in [0.25, 0.3) is 0 Å². The lowest BCUT2D eigenvalue weighted by atomic mass is 9.83. The molecular formula is C13H16N2O. The van der Waals surface area contributed by atoms with Gasteiger partial charge in [-0.1, -0.05) is 19.3 Å². The predicted molar refractivity (Wildman–Crippen MR) is 62.5 cm³/mol. The van der Waals surface area contributed by atoms with Crippen LogP contribution in [0.2, 0.25) is 0 Å². The second kappa shape index (κ2) is 3.89. The Morgan fingerprint density at radius 2 is 2.06 bits per heavy atom. The summed E-state index contributed by atoms with van der Waals surface area (Å²) in [5.74, 6) is 0.787. The van der Waals surface area contributed by atoms with Crippen molar-refractivity contribution in [2.75, 3.05) is 6.61 Å². The Balaban J connectivity index is 1.86. The van der Waals surface area contributed by atoms with Gasteiger partial charge in [0.15, 0.2) is 0 Å². The van der Waals surface area contributed by atoms with Crippen LogP contribution < -0.4 is 0 Å². The summed E-state index contributed by atoms with van der Waals surface area (Å²) in [4.78, 5) is 8.91. The number of aromatic nitrogens is 1. The third-order valence-corrected chi connectivity index (χ3v) is 3.51. The molecule has 0 N–H and O–H groups in total. The third-order valence-electron chi connectivity index (χ3n) is 3.51. The molecule has 0 amide bonds. The molecule has 3 rings (SSSR count). The lowest BCUT2D eigenvalue weighted by Crippen LogP contribution is -2.30. The zero-order chi connectivity index (χ0) is 10.8. The van der Waals surface area contributed by atoms with Gasteiger partial charge in [-0.25, -0.2) is 4.99 Å². The van der Waals surface area contributed by atoms with Crippen molar-refractivity contribution in [3.8, 4) is 0 Å². The van der Waals surface area contributed by atoms with Gasteiger partial charge < -0.3 is 4.74 Å². The van der Waals surface area contributed by atoms with Crippen LogP contribution in [0.5, 0.6) is 0 Å². The Kier molecular flexibility index (Phi) is 2.39. The first-order valence-corrected chi connectivity index (χ1v) is 6.01. The standard InChI is InChI=1S/C13H16N2O/c1-2-6-13(7-3-1)10-16-12(15-13)11-5-4-8-14-9-11/h4-5,8-9H,1-3,6-7,10H2. The number of hydrogen-bond donors (Lipinski definition) is 0. The van der Waals surface area contributed by atoms with Gasteiger partial charge in [0, 0.05) is 12.4 Å². The highest BCUT2D eigenvalue weighted by atomic mass is 16.5. The Morgan fingerprint density at radius 3 is 2.81 bits per heavy atom. The summed E-state index contributed by atoms with van der Waals surface area (Å²) in [7, 11) is 0.